The number of rotatable bonds is 3. The van der Waals surface area contributed by atoms with Gasteiger partial charge in [0.2, 0.25) is 0 Å². The summed E-state index contributed by atoms with van der Waals surface area (Å²) < 4.78 is 28.5. The third kappa shape index (κ3) is 3.16. The highest BCUT2D eigenvalue weighted by atomic mass is 32.2. The second-order valence-electron chi connectivity index (χ2n) is 4.59. The summed E-state index contributed by atoms with van der Waals surface area (Å²) >= 11 is 0. The van der Waals surface area contributed by atoms with Crippen molar-refractivity contribution in [3.05, 3.63) is 0 Å². The van der Waals surface area contributed by atoms with E-state index in [9.17, 15) is 8.42 Å². The Morgan fingerprint density at radius 3 is 2.31 bits per heavy atom. The van der Waals surface area contributed by atoms with Gasteiger partial charge in [0.05, 0.1) is 6.17 Å². The maximum atomic E-state index is 12.1. The summed E-state index contributed by atoms with van der Waals surface area (Å²) in [6.45, 7) is 2.25. The van der Waals surface area contributed by atoms with Crippen molar-refractivity contribution in [3.63, 3.8) is 0 Å². The predicted molar refractivity (Wildman–Crippen MR) is 63.1 cm³/mol. The summed E-state index contributed by atoms with van der Waals surface area (Å²) in [5.41, 5.74) is 0. The lowest BCUT2D eigenvalue weighted by Gasteiger charge is -2.22. The van der Waals surface area contributed by atoms with Crippen LogP contribution in [0.5, 0.6) is 0 Å². The summed E-state index contributed by atoms with van der Waals surface area (Å²) in [6, 6.07) is 0. The van der Waals surface area contributed by atoms with E-state index in [-0.39, 0.29) is 6.17 Å². The molecule has 2 rings (SSSR count). The molecule has 2 saturated heterocycles. The van der Waals surface area contributed by atoms with Gasteiger partial charge in [0.1, 0.15) is 0 Å². The van der Waals surface area contributed by atoms with E-state index in [0.29, 0.717) is 13.1 Å². The quantitative estimate of drug-likeness (QED) is 0.759. The summed E-state index contributed by atoms with van der Waals surface area (Å²) in [7, 11) is -3.27. The van der Waals surface area contributed by atoms with Crippen LogP contribution in [0.2, 0.25) is 0 Å². The van der Waals surface area contributed by atoms with E-state index in [1.54, 1.807) is 4.31 Å². The Hall–Kier alpha value is -0.170. The normalized spacial score (nSPS) is 29.1. The molecule has 2 aliphatic rings. The summed E-state index contributed by atoms with van der Waals surface area (Å²) in [4.78, 5) is 0. The van der Waals surface area contributed by atoms with Crippen molar-refractivity contribution in [2.24, 2.45) is 0 Å². The minimum atomic E-state index is -3.27. The first-order valence-electron chi connectivity index (χ1n) is 6.19. The van der Waals surface area contributed by atoms with Gasteiger partial charge in [0, 0.05) is 13.1 Å². The molecule has 0 aromatic heterocycles. The van der Waals surface area contributed by atoms with Gasteiger partial charge < -0.3 is 5.32 Å². The minimum Gasteiger partial charge on any atom is -0.301 e. The van der Waals surface area contributed by atoms with Crippen LogP contribution in [0.25, 0.3) is 0 Å². The molecular formula is C10H21N3O2S. The molecule has 2 heterocycles. The average molecular weight is 247 g/mol. The number of nitrogens with zero attached hydrogens (tertiary/aromatic N) is 1. The molecule has 5 nitrogen and oxygen atoms in total. The van der Waals surface area contributed by atoms with Crippen molar-refractivity contribution in [2.45, 2.75) is 44.7 Å². The predicted octanol–water partition coefficient (Wildman–Crippen LogP) is 0.406. The van der Waals surface area contributed by atoms with Gasteiger partial charge in [0.15, 0.2) is 0 Å². The van der Waals surface area contributed by atoms with Gasteiger partial charge in [-0.1, -0.05) is 12.8 Å². The molecule has 2 fully saturated rings. The highest BCUT2D eigenvalue weighted by Gasteiger charge is 2.26. The lowest BCUT2D eigenvalue weighted by atomic mass is 10.2. The lowest BCUT2D eigenvalue weighted by molar-refractivity contribution is 0.403. The molecule has 0 bridgehead atoms. The van der Waals surface area contributed by atoms with Crippen LogP contribution in [0.3, 0.4) is 0 Å². The van der Waals surface area contributed by atoms with E-state index in [1.165, 1.54) is 0 Å². The molecule has 0 aliphatic carbocycles. The van der Waals surface area contributed by atoms with Gasteiger partial charge in [-0.25, -0.2) is 0 Å². The first-order chi connectivity index (χ1) is 7.68. The Balaban J connectivity index is 1.93. The van der Waals surface area contributed by atoms with Crippen molar-refractivity contribution in [2.75, 3.05) is 19.6 Å². The van der Waals surface area contributed by atoms with Crippen LogP contribution in [0.4, 0.5) is 0 Å². The molecule has 94 valence electrons. The SMILES string of the molecule is O=S(=O)(NC1CCCN1)N1CCCCCC1. The largest absolute Gasteiger partial charge is 0.301 e. The van der Waals surface area contributed by atoms with Crippen molar-refractivity contribution >= 4 is 10.2 Å². The van der Waals surface area contributed by atoms with E-state index in [4.69, 9.17) is 0 Å². The lowest BCUT2D eigenvalue weighted by Crippen LogP contribution is -2.48. The Morgan fingerprint density at radius 1 is 1.06 bits per heavy atom. The molecule has 2 N–H and O–H groups in total. The van der Waals surface area contributed by atoms with E-state index in [2.05, 4.69) is 10.0 Å². The molecule has 6 heteroatoms. The molecule has 1 unspecified atom stereocenters. The zero-order valence-corrected chi connectivity index (χ0v) is 10.4. The van der Waals surface area contributed by atoms with E-state index < -0.39 is 10.2 Å². The second-order valence-corrected chi connectivity index (χ2v) is 6.29. The molecule has 2 aliphatic heterocycles. The Morgan fingerprint density at radius 2 is 1.75 bits per heavy atom. The van der Waals surface area contributed by atoms with Crippen molar-refractivity contribution < 1.29 is 8.42 Å². The molecule has 0 saturated carbocycles. The van der Waals surface area contributed by atoms with Crippen LogP contribution in [-0.2, 0) is 10.2 Å². The van der Waals surface area contributed by atoms with Gasteiger partial charge in [-0.15, -0.1) is 0 Å². The van der Waals surface area contributed by atoms with Crippen LogP contribution >= 0.6 is 0 Å². The fraction of sp³-hybridized carbons (Fsp3) is 1.00. The highest BCUT2D eigenvalue weighted by Crippen LogP contribution is 2.13. The van der Waals surface area contributed by atoms with Crippen LogP contribution in [0.15, 0.2) is 0 Å². The third-order valence-electron chi connectivity index (χ3n) is 3.26. The first-order valence-corrected chi connectivity index (χ1v) is 7.63. The second kappa shape index (κ2) is 5.44. The maximum absolute atomic E-state index is 12.1. The maximum Gasteiger partial charge on any atom is 0.280 e. The molecular weight excluding hydrogens is 226 g/mol. The van der Waals surface area contributed by atoms with Crippen molar-refractivity contribution in [1.82, 2.24) is 14.3 Å². The average Bonchev–Trinajstić information content (AvgIpc) is 2.56. The van der Waals surface area contributed by atoms with Crippen molar-refractivity contribution in [3.8, 4) is 0 Å². The Labute approximate surface area is 97.8 Å². The van der Waals surface area contributed by atoms with Crippen LogP contribution in [0, 0.1) is 0 Å². The van der Waals surface area contributed by atoms with Crippen LogP contribution in [-0.4, -0.2) is 38.5 Å². The highest BCUT2D eigenvalue weighted by molar-refractivity contribution is 7.87. The Bertz CT molecular complexity index is 304. The third-order valence-corrected chi connectivity index (χ3v) is 4.88. The zero-order valence-electron chi connectivity index (χ0n) is 9.61. The fourth-order valence-electron chi connectivity index (χ4n) is 2.32. The van der Waals surface area contributed by atoms with Crippen LogP contribution in [0.1, 0.15) is 38.5 Å². The number of nitrogens with one attached hydrogen (secondary N) is 2. The molecule has 1 atom stereocenters. The van der Waals surface area contributed by atoms with Gasteiger partial charge in [-0.2, -0.15) is 17.4 Å². The molecule has 16 heavy (non-hydrogen) atoms. The van der Waals surface area contributed by atoms with Gasteiger partial charge in [0.25, 0.3) is 10.2 Å². The standard InChI is InChI=1S/C10H21N3O2S/c14-16(15,12-10-6-5-7-11-10)13-8-3-1-2-4-9-13/h10-12H,1-9H2. The van der Waals surface area contributed by atoms with E-state index in [0.717, 1.165) is 45.1 Å². The molecule has 0 amide bonds. The molecule has 0 radical (unpaired) electrons. The monoisotopic (exact) mass is 247 g/mol. The van der Waals surface area contributed by atoms with E-state index in [1.807, 2.05) is 0 Å². The number of hydrogen-bond acceptors (Lipinski definition) is 3. The van der Waals surface area contributed by atoms with E-state index >= 15 is 0 Å². The molecule has 0 spiro atoms. The zero-order chi connectivity index (χ0) is 11.4. The first kappa shape index (κ1) is 12.3. The summed E-state index contributed by atoms with van der Waals surface area (Å²) in [5.74, 6) is 0. The number of hydrogen-bond donors (Lipinski definition) is 2. The van der Waals surface area contributed by atoms with Gasteiger partial charge in [-0.05, 0) is 32.2 Å². The summed E-state index contributed by atoms with van der Waals surface area (Å²) in [5, 5.41) is 3.15. The molecule has 0 aromatic carbocycles. The summed E-state index contributed by atoms with van der Waals surface area (Å²) in [6.07, 6.45) is 6.15. The van der Waals surface area contributed by atoms with Gasteiger partial charge in [-0.3, -0.25) is 0 Å². The van der Waals surface area contributed by atoms with Crippen molar-refractivity contribution in [1.29, 1.82) is 0 Å². The minimum absolute atomic E-state index is 0.0618. The smallest absolute Gasteiger partial charge is 0.280 e. The van der Waals surface area contributed by atoms with Gasteiger partial charge >= 0.3 is 0 Å². The van der Waals surface area contributed by atoms with Crippen LogP contribution < -0.4 is 10.0 Å². The molecule has 0 aromatic rings. The topological polar surface area (TPSA) is 61.4 Å². The Kier molecular flexibility index (Phi) is 4.18. The fourth-order valence-corrected chi connectivity index (χ4v) is 3.77.